The quantitative estimate of drug-likeness (QED) is 0.767. The Kier molecular flexibility index (Phi) is 7.10. The summed E-state index contributed by atoms with van der Waals surface area (Å²) in [5.41, 5.74) is 2.04. The van der Waals surface area contributed by atoms with Gasteiger partial charge in [-0.3, -0.25) is 0 Å². The highest BCUT2D eigenvalue weighted by molar-refractivity contribution is 7.98. The highest BCUT2D eigenvalue weighted by atomic mass is 32.2. The third kappa shape index (κ3) is 4.96. The molecule has 0 aliphatic heterocycles. The van der Waals surface area contributed by atoms with Gasteiger partial charge >= 0.3 is 0 Å². The lowest BCUT2D eigenvalue weighted by molar-refractivity contribution is 0.452. The first kappa shape index (κ1) is 16.2. The van der Waals surface area contributed by atoms with Gasteiger partial charge in [-0.1, -0.05) is 13.0 Å². The van der Waals surface area contributed by atoms with E-state index in [1.54, 1.807) is 0 Å². The zero-order valence-corrected chi connectivity index (χ0v) is 13.3. The van der Waals surface area contributed by atoms with Gasteiger partial charge in [-0.2, -0.15) is 11.8 Å². The monoisotopic (exact) mass is 282 g/mol. The molecule has 0 aromatic heterocycles. The van der Waals surface area contributed by atoms with Gasteiger partial charge in [0.2, 0.25) is 0 Å². The van der Waals surface area contributed by atoms with Crippen LogP contribution in [0.15, 0.2) is 18.2 Å². The smallest absolute Gasteiger partial charge is 0.122 e. The molecule has 19 heavy (non-hydrogen) atoms. The number of hydrogen-bond donors (Lipinski definition) is 2. The van der Waals surface area contributed by atoms with Crippen LogP contribution in [0.3, 0.4) is 0 Å². The van der Waals surface area contributed by atoms with E-state index >= 15 is 0 Å². The molecule has 1 unspecified atom stereocenters. The second-order valence-corrected chi connectivity index (χ2v) is 5.82. The maximum atomic E-state index is 10.2. The van der Waals surface area contributed by atoms with E-state index in [-0.39, 0.29) is 6.04 Å². The van der Waals surface area contributed by atoms with E-state index < -0.39 is 0 Å². The summed E-state index contributed by atoms with van der Waals surface area (Å²) < 4.78 is 0. The number of aromatic hydroxyl groups is 1. The molecular weight excluding hydrogens is 256 g/mol. The Balaban J connectivity index is 2.73. The van der Waals surface area contributed by atoms with Gasteiger partial charge in [0.15, 0.2) is 0 Å². The van der Waals surface area contributed by atoms with Crippen molar-refractivity contribution in [3.05, 3.63) is 23.8 Å². The summed E-state index contributed by atoms with van der Waals surface area (Å²) in [6, 6.07) is 6.15. The summed E-state index contributed by atoms with van der Waals surface area (Å²) in [4.78, 5) is 2.17. The minimum atomic E-state index is 0.186. The summed E-state index contributed by atoms with van der Waals surface area (Å²) in [7, 11) is 2.06. The number of hydrogen-bond acceptors (Lipinski definition) is 4. The van der Waals surface area contributed by atoms with Gasteiger partial charge < -0.3 is 15.3 Å². The van der Waals surface area contributed by atoms with Gasteiger partial charge in [0.1, 0.15) is 5.75 Å². The Hall–Kier alpha value is -0.870. The number of nitrogens with zero attached hydrogens (tertiary/aromatic N) is 1. The molecule has 4 heteroatoms. The normalized spacial score (nSPS) is 12.4. The molecule has 1 aromatic carbocycles. The van der Waals surface area contributed by atoms with Crippen molar-refractivity contribution in [2.75, 3.05) is 37.0 Å². The third-order valence-corrected chi connectivity index (χ3v) is 3.84. The van der Waals surface area contributed by atoms with Crippen molar-refractivity contribution in [1.82, 2.24) is 5.32 Å². The zero-order valence-electron chi connectivity index (χ0n) is 12.4. The SMILES string of the molecule is CCCNC(C)c1ccc(N(C)CCSC)cc1O. The highest BCUT2D eigenvalue weighted by Gasteiger charge is 2.11. The molecule has 0 fully saturated rings. The Morgan fingerprint density at radius 2 is 2.16 bits per heavy atom. The van der Waals surface area contributed by atoms with Crippen LogP contribution in [0.4, 0.5) is 5.69 Å². The van der Waals surface area contributed by atoms with Gasteiger partial charge in [0.25, 0.3) is 0 Å². The molecule has 3 nitrogen and oxygen atoms in total. The largest absolute Gasteiger partial charge is 0.508 e. The predicted octanol–water partition coefficient (Wildman–Crippen LogP) is 3.25. The molecule has 2 N–H and O–H groups in total. The van der Waals surface area contributed by atoms with E-state index in [0.717, 1.165) is 36.5 Å². The molecule has 108 valence electrons. The number of phenolic OH excluding ortho intramolecular Hbond substituents is 1. The fraction of sp³-hybridized carbons (Fsp3) is 0.600. The lowest BCUT2D eigenvalue weighted by Gasteiger charge is -2.21. The van der Waals surface area contributed by atoms with Crippen molar-refractivity contribution in [2.45, 2.75) is 26.3 Å². The molecule has 0 aliphatic rings. The minimum Gasteiger partial charge on any atom is -0.508 e. The van der Waals surface area contributed by atoms with Crippen LogP contribution in [0, 0.1) is 0 Å². The molecule has 0 saturated heterocycles. The van der Waals surface area contributed by atoms with Gasteiger partial charge in [-0.05, 0) is 32.2 Å². The molecule has 0 amide bonds. The molecule has 1 rings (SSSR count). The highest BCUT2D eigenvalue weighted by Crippen LogP contribution is 2.28. The predicted molar refractivity (Wildman–Crippen MR) is 86.5 cm³/mol. The molecule has 0 heterocycles. The van der Waals surface area contributed by atoms with E-state index in [1.807, 2.05) is 23.9 Å². The van der Waals surface area contributed by atoms with E-state index in [9.17, 15) is 5.11 Å². The number of rotatable bonds is 8. The van der Waals surface area contributed by atoms with Crippen LogP contribution in [-0.2, 0) is 0 Å². The van der Waals surface area contributed by atoms with Crippen molar-refractivity contribution in [3.63, 3.8) is 0 Å². The minimum absolute atomic E-state index is 0.186. The number of anilines is 1. The second-order valence-electron chi connectivity index (χ2n) is 4.83. The van der Waals surface area contributed by atoms with Crippen LogP contribution in [0.2, 0.25) is 0 Å². The number of thioether (sulfide) groups is 1. The van der Waals surface area contributed by atoms with Crippen molar-refractivity contribution in [3.8, 4) is 5.75 Å². The van der Waals surface area contributed by atoms with E-state index in [4.69, 9.17) is 0 Å². The van der Waals surface area contributed by atoms with Crippen LogP contribution >= 0.6 is 11.8 Å². The third-order valence-electron chi connectivity index (χ3n) is 3.25. The Labute approximate surface area is 121 Å². The van der Waals surface area contributed by atoms with Crippen LogP contribution in [0.1, 0.15) is 31.9 Å². The molecular formula is C15H26N2OS. The van der Waals surface area contributed by atoms with Crippen molar-refractivity contribution < 1.29 is 5.11 Å². The van der Waals surface area contributed by atoms with Crippen LogP contribution in [-0.4, -0.2) is 37.3 Å². The Morgan fingerprint density at radius 1 is 1.42 bits per heavy atom. The molecule has 0 spiro atoms. The topological polar surface area (TPSA) is 35.5 Å². The van der Waals surface area contributed by atoms with Gasteiger partial charge in [-0.25, -0.2) is 0 Å². The van der Waals surface area contributed by atoms with Crippen LogP contribution in [0.25, 0.3) is 0 Å². The number of nitrogens with one attached hydrogen (secondary N) is 1. The summed E-state index contributed by atoms with van der Waals surface area (Å²) in [5.74, 6) is 1.47. The first-order valence-electron chi connectivity index (χ1n) is 6.86. The van der Waals surface area contributed by atoms with Crippen molar-refractivity contribution in [2.24, 2.45) is 0 Å². The second kappa shape index (κ2) is 8.33. The first-order valence-corrected chi connectivity index (χ1v) is 8.25. The standard InChI is InChI=1S/C15H26N2OS/c1-5-8-16-12(2)14-7-6-13(11-15(14)18)17(3)9-10-19-4/h6-7,11-12,16,18H,5,8-10H2,1-4H3. The van der Waals surface area contributed by atoms with E-state index in [0.29, 0.717) is 5.75 Å². The number of phenols is 1. The maximum absolute atomic E-state index is 10.2. The number of benzene rings is 1. The average Bonchev–Trinajstić information content (AvgIpc) is 2.41. The average molecular weight is 282 g/mol. The van der Waals surface area contributed by atoms with Gasteiger partial charge in [-0.15, -0.1) is 0 Å². The van der Waals surface area contributed by atoms with Gasteiger partial charge in [0.05, 0.1) is 0 Å². The van der Waals surface area contributed by atoms with E-state index in [1.165, 1.54) is 0 Å². The van der Waals surface area contributed by atoms with Crippen LogP contribution in [0.5, 0.6) is 5.75 Å². The molecule has 0 aliphatic carbocycles. The zero-order chi connectivity index (χ0) is 14.3. The summed E-state index contributed by atoms with van der Waals surface area (Å²) in [5, 5.41) is 13.6. The van der Waals surface area contributed by atoms with Crippen molar-refractivity contribution >= 4 is 17.4 Å². The fourth-order valence-corrected chi connectivity index (χ4v) is 2.42. The molecule has 0 saturated carbocycles. The molecule has 0 radical (unpaired) electrons. The molecule has 1 atom stereocenters. The maximum Gasteiger partial charge on any atom is 0.122 e. The molecule has 1 aromatic rings. The first-order chi connectivity index (χ1) is 9.10. The summed E-state index contributed by atoms with van der Waals surface area (Å²) >= 11 is 1.83. The molecule has 0 bridgehead atoms. The fourth-order valence-electron chi connectivity index (χ4n) is 1.96. The Morgan fingerprint density at radius 3 is 2.74 bits per heavy atom. The lowest BCUT2D eigenvalue weighted by Crippen LogP contribution is -2.21. The van der Waals surface area contributed by atoms with Crippen molar-refractivity contribution in [1.29, 1.82) is 0 Å². The summed E-state index contributed by atoms with van der Waals surface area (Å²) in [6.07, 6.45) is 3.20. The van der Waals surface area contributed by atoms with E-state index in [2.05, 4.69) is 43.4 Å². The Bertz CT molecular complexity index is 384. The van der Waals surface area contributed by atoms with Crippen LogP contribution < -0.4 is 10.2 Å². The van der Waals surface area contributed by atoms with Gasteiger partial charge in [0, 0.05) is 42.7 Å². The summed E-state index contributed by atoms with van der Waals surface area (Å²) in [6.45, 7) is 6.19. The lowest BCUT2D eigenvalue weighted by atomic mass is 10.1.